The van der Waals surface area contributed by atoms with Crippen molar-refractivity contribution in [3.8, 4) is 0 Å². The van der Waals surface area contributed by atoms with E-state index in [1.165, 1.54) is 6.42 Å². The third-order valence-electron chi connectivity index (χ3n) is 2.54. The summed E-state index contributed by atoms with van der Waals surface area (Å²) in [7, 11) is 0. The Morgan fingerprint density at radius 3 is 3.27 bits per heavy atom. The van der Waals surface area contributed by atoms with Gasteiger partial charge in [0.15, 0.2) is 0 Å². The quantitative estimate of drug-likeness (QED) is 0.767. The molecule has 0 amide bonds. The van der Waals surface area contributed by atoms with Gasteiger partial charge in [-0.3, -0.25) is 0 Å². The summed E-state index contributed by atoms with van der Waals surface area (Å²) in [5, 5.41) is 0.699. The van der Waals surface area contributed by atoms with Gasteiger partial charge in [0.2, 0.25) is 0 Å². The van der Waals surface area contributed by atoms with Crippen LogP contribution in [0.1, 0.15) is 19.0 Å². The molecule has 5 heteroatoms. The maximum absolute atomic E-state index is 5.69. The molecule has 1 unspecified atom stereocenters. The van der Waals surface area contributed by atoms with Gasteiger partial charge in [0.05, 0.1) is 11.6 Å². The molecule has 1 saturated heterocycles. The topological polar surface area (TPSA) is 29.3 Å². The second-order valence-corrected chi connectivity index (χ2v) is 5.28. The Kier molecular flexibility index (Phi) is 3.81. The molecule has 2 heterocycles. The molecule has 0 saturated carbocycles. The first-order chi connectivity index (χ1) is 7.33. The summed E-state index contributed by atoms with van der Waals surface area (Å²) in [5.74, 6) is 1.57. The number of thioether (sulfide) groups is 1. The van der Waals surface area contributed by atoms with Gasteiger partial charge in [-0.1, -0.05) is 6.92 Å². The number of hydrogen-bond acceptors (Lipinski definition) is 4. The van der Waals surface area contributed by atoms with Gasteiger partial charge in [-0.2, -0.15) is 16.7 Å². The summed E-state index contributed by atoms with van der Waals surface area (Å²) in [6.07, 6.45) is 2.84. The molecule has 0 aliphatic carbocycles. The number of hydrogen-bond donors (Lipinski definition) is 0. The Hall–Kier alpha value is -0.350. The average Bonchev–Trinajstić information content (AvgIpc) is 2.78. The third kappa shape index (κ3) is 2.61. The monoisotopic (exact) mass is 246 g/mol. The van der Waals surface area contributed by atoms with Crippen LogP contribution in [0.3, 0.4) is 0 Å². The molecule has 1 aliphatic heterocycles. The van der Waals surface area contributed by atoms with Crippen molar-refractivity contribution < 1.29 is 4.42 Å². The summed E-state index contributed by atoms with van der Waals surface area (Å²) in [5.41, 5.74) is 0.818. The van der Waals surface area contributed by atoms with Gasteiger partial charge in [0.1, 0.15) is 6.26 Å². The number of nitrogens with zero attached hydrogens (tertiary/aromatic N) is 2. The highest BCUT2D eigenvalue weighted by Gasteiger charge is 2.22. The first kappa shape index (κ1) is 11.1. The molecule has 1 aromatic rings. The second kappa shape index (κ2) is 5.12. The molecule has 0 N–H and O–H groups in total. The molecule has 1 atom stereocenters. The van der Waals surface area contributed by atoms with E-state index in [1.54, 1.807) is 6.26 Å². The zero-order valence-corrected chi connectivity index (χ0v) is 10.4. The predicted octanol–water partition coefficient (Wildman–Crippen LogP) is 2.75. The molecule has 0 spiro atoms. The van der Waals surface area contributed by atoms with Crippen LogP contribution in [0.4, 0.5) is 6.01 Å². The lowest BCUT2D eigenvalue weighted by atomic mass is 10.3. The normalized spacial score (nSPS) is 22.0. The van der Waals surface area contributed by atoms with Crippen LogP contribution in [0.2, 0.25) is 0 Å². The summed E-state index contributed by atoms with van der Waals surface area (Å²) in [6, 6.07) is 0.726. The molecule has 84 valence electrons. The van der Waals surface area contributed by atoms with Crippen molar-refractivity contribution in [2.24, 2.45) is 0 Å². The van der Waals surface area contributed by atoms with Crippen molar-refractivity contribution in [1.82, 2.24) is 4.98 Å². The molecular weight excluding hydrogens is 232 g/mol. The highest BCUT2D eigenvalue weighted by Crippen LogP contribution is 2.25. The van der Waals surface area contributed by atoms with Crippen LogP contribution in [0, 0.1) is 0 Å². The van der Waals surface area contributed by atoms with Gasteiger partial charge < -0.3 is 9.32 Å². The molecule has 0 radical (unpaired) electrons. The van der Waals surface area contributed by atoms with Crippen molar-refractivity contribution in [3.05, 3.63) is 12.0 Å². The molecule has 3 nitrogen and oxygen atoms in total. The van der Waals surface area contributed by atoms with Gasteiger partial charge in [0, 0.05) is 24.1 Å². The molecule has 1 aliphatic rings. The number of oxazole rings is 1. The van der Waals surface area contributed by atoms with E-state index in [-0.39, 0.29) is 0 Å². The van der Waals surface area contributed by atoms with Crippen LogP contribution in [0.15, 0.2) is 10.7 Å². The molecular formula is C10H15ClN2OS. The molecule has 0 aromatic carbocycles. The number of halogens is 1. The summed E-state index contributed by atoms with van der Waals surface area (Å²) in [4.78, 5) is 6.55. The Morgan fingerprint density at radius 2 is 2.60 bits per heavy atom. The zero-order valence-electron chi connectivity index (χ0n) is 8.78. The first-order valence-electron chi connectivity index (χ1n) is 5.20. The van der Waals surface area contributed by atoms with Crippen LogP contribution < -0.4 is 4.90 Å². The number of alkyl halides is 1. The van der Waals surface area contributed by atoms with E-state index in [4.69, 9.17) is 16.0 Å². The van der Waals surface area contributed by atoms with Crippen LogP contribution in [0.25, 0.3) is 0 Å². The smallest absolute Gasteiger partial charge is 0.297 e. The highest BCUT2D eigenvalue weighted by atomic mass is 35.5. The fourth-order valence-corrected chi connectivity index (χ4v) is 2.95. The summed E-state index contributed by atoms with van der Waals surface area (Å²) >= 11 is 7.73. The zero-order chi connectivity index (χ0) is 10.7. The molecule has 15 heavy (non-hydrogen) atoms. The Labute approximate surface area is 99.2 Å². The average molecular weight is 247 g/mol. The minimum atomic E-state index is 0.420. The van der Waals surface area contributed by atoms with Gasteiger partial charge in [-0.25, -0.2) is 0 Å². The molecule has 1 aromatic heterocycles. The van der Waals surface area contributed by atoms with Crippen LogP contribution in [0.5, 0.6) is 0 Å². The minimum absolute atomic E-state index is 0.420. The van der Waals surface area contributed by atoms with E-state index in [9.17, 15) is 0 Å². The second-order valence-electron chi connectivity index (χ2n) is 3.60. The molecule has 0 bridgehead atoms. The van der Waals surface area contributed by atoms with E-state index >= 15 is 0 Å². The molecule has 2 rings (SSSR count). The standard InChI is InChI=1S/C10H15ClN2OS/c1-2-9-6-13(3-4-15-9)10-12-8(5-11)7-14-10/h7,9H,2-6H2,1H3. The lowest BCUT2D eigenvalue weighted by Gasteiger charge is -2.30. The lowest BCUT2D eigenvalue weighted by molar-refractivity contribution is 0.530. The fourth-order valence-electron chi connectivity index (χ4n) is 1.64. The van der Waals surface area contributed by atoms with E-state index in [0.717, 1.165) is 30.6 Å². The SMILES string of the molecule is CCC1CN(c2nc(CCl)co2)CCS1. The Balaban J connectivity index is 2.03. The van der Waals surface area contributed by atoms with Gasteiger partial charge >= 0.3 is 0 Å². The number of rotatable bonds is 3. The van der Waals surface area contributed by atoms with Crippen LogP contribution in [-0.2, 0) is 5.88 Å². The first-order valence-corrected chi connectivity index (χ1v) is 6.78. The highest BCUT2D eigenvalue weighted by molar-refractivity contribution is 8.00. The summed E-state index contributed by atoms with van der Waals surface area (Å²) < 4.78 is 5.41. The van der Waals surface area contributed by atoms with Crippen molar-refractivity contribution in [1.29, 1.82) is 0 Å². The Bertz CT molecular complexity index is 318. The third-order valence-corrected chi connectivity index (χ3v) is 4.19. The van der Waals surface area contributed by atoms with E-state index < -0.39 is 0 Å². The van der Waals surface area contributed by atoms with E-state index in [1.807, 2.05) is 11.8 Å². The van der Waals surface area contributed by atoms with Gasteiger partial charge in [0.25, 0.3) is 6.01 Å². The van der Waals surface area contributed by atoms with Crippen LogP contribution >= 0.6 is 23.4 Å². The maximum Gasteiger partial charge on any atom is 0.297 e. The summed E-state index contributed by atoms with van der Waals surface area (Å²) in [6.45, 7) is 4.27. The largest absolute Gasteiger partial charge is 0.432 e. The lowest BCUT2D eigenvalue weighted by Crippen LogP contribution is -2.37. The minimum Gasteiger partial charge on any atom is -0.432 e. The van der Waals surface area contributed by atoms with Crippen molar-refractivity contribution >= 4 is 29.4 Å². The van der Waals surface area contributed by atoms with Gasteiger partial charge in [-0.05, 0) is 6.42 Å². The van der Waals surface area contributed by atoms with Crippen molar-refractivity contribution in [2.45, 2.75) is 24.5 Å². The fraction of sp³-hybridized carbons (Fsp3) is 0.700. The van der Waals surface area contributed by atoms with Crippen LogP contribution in [-0.4, -0.2) is 29.1 Å². The predicted molar refractivity (Wildman–Crippen MR) is 64.8 cm³/mol. The van der Waals surface area contributed by atoms with Crippen molar-refractivity contribution in [3.63, 3.8) is 0 Å². The van der Waals surface area contributed by atoms with E-state index in [0.29, 0.717) is 11.1 Å². The maximum atomic E-state index is 5.69. The number of anilines is 1. The van der Waals surface area contributed by atoms with Gasteiger partial charge in [-0.15, -0.1) is 11.6 Å². The van der Waals surface area contributed by atoms with Crippen molar-refractivity contribution in [2.75, 3.05) is 23.7 Å². The number of aromatic nitrogens is 1. The van der Waals surface area contributed by atoms with E-state index in [2.05, 4.69) is 16.8 Å². The Morgan fingerprint density at radius 1 is 1.73 bits per heavy atom. The molecule has 1 fully saturated rings.